The molecule has 3 rings (SSSR count). The Morgan fingerprint density at radius 3 is 2.75 bits per heavy atom. The fourth-order valence-electron chi connectivity index (χ4n) is 2.83. The maximum Gasteiger partial charge on any atom is 0.273 e. The molecule has 0 aliphatic rings. The number of carbonyl (C=O) groups is 1. The number of nitrogens with one attached hydrogen (secondary N) is 1. The molecular weight excluding hydrogens is 460 g/mol. The van der Waals surface area contributed by atoms with Gasteiger partial charge in [-0.25, -0.2) is 8.78 Å². The van der Waals surface area contributed by atoms with Crippen LogP contribution in [-0.4, -0.2) is 30.7 Å². The first kappa shape index (κ1) is 23.3. The number of amides is 1. The van der Waals surface area contributed by atoms with Crippen molar-refractivity contribution in [1.29, 1.82) is 5.26 Å². The topological polar surface area (TPSA) is 84.1 Å². The average molecular weight is 476 g/mol. The molecule has 1 N–H and O–H groups in total. The molecule has 0 aliphatic heterocycles. The summed E-state index contributed by atoms with van der Waals surface area (Å²) in [7, 11) is 1.45. The summed E-state index contributed by atoms with van der Waals surface area (Å²) >= 11 is 6.83. The van der Waals surface area contributed by atoms with Gasteiger partial charge in [0.2, 0.25) is 0 Å². The van der Waals surface area contributed by atoms with Crippen LogP contribution in [0.3, 0.4) is 0 Å². The monoisotopic (exact) mass is 475 g/mol. The number of benzene rings is 2. The summed E-state index contributed by atoms with van der Waals surface area (Å²) in [5.74, 6) is -2.60. The average Bonchev–Trinajstić information content (AvgIpc) is 3.04. The predicted octanol–water partition coefficient (Wildman–Crippen LogP) is 2.10. The third kappa shape index (κ3) is 5.11. The number of thiazole rings is 1. The summed E-state index contributed by atoms with van der Waals surface area (Å²) in [6.45, 7) is 0.338. The van der Waals surface area contributed by atoms with Gasteiger partial charge in [0.25, 0.3) is 11.5 Å². The van der Waals surface area contributed by atoms with Crippen molar-refractivity contribution < 1.29 is 18.3 Å². The summed E-state index contributed by atoms with van der Waals surface area (Å²) in [5.41, 5.74) is -0.756. The first-order chi connectivity index (χ1) is 15.3. The van der Waals surface area contributed by atoms with E-state index in [2.05, 4.69) is 5.32 Å². The van der Waals surface area contributed by atoms with E-state index >= 15 is 0 Å². The molecule has 0 fully saturated rings. The Kier molecular flexibility index (Phi) is 7.53. The second-order valence-electron chi connectivity index (χ2n) is 6.44. The zero-order valence-electron chi connectivity index (χ0n) is 16.7. The Labute approximate surface area is 190 Å². The van der Waals surface area contributed by atoms with E-state index in [-0.39, 0.29) is 28.0 Å². The summed E-state index contributed by atoms with van der Waals surface area (Å²) in [5, 5.41) is 12.6. The number of hydrogen-bond donors (Lipinski definition) is 1. The highest BCUT2D eigenvalue weighted by molar-refractivity contribution is 7.07. The SMILES string of the molecule is COCCNC(=O)/C(C#N)=c1\s/c(=C\c2cccc(Cl)c2)c(=O)n1-c1ccc(F)cc1F. The van der Waals surface area contributed by atoms with Crippen LogP contribution in [0.2, 0.25) is 5.02 Å². The standard InChI is InChI=1S/C22H16ClF2N3O3S/c1-31-8-7-27-20(29)16(12-26)22-28(18-6-5-15(24)11-17(18)25)21(30)19(32-22)10-13-3-2-4-14(23)9-13/h2-6,9-11H,7-8H2,1H3,(H,27,29)/b19-10-,22-16-. The van der Waals surface area contributed by atoms with Crippen LogP contribution in [0.15, 0.2) is 47.3 Å². The number of ether oxygens (including phenoxy) is 1. The third-order valence-corrected chi connectivity index (χ3v) is 5.59. The summed E-state index contributed by atoms with van der Waals surface area (Å²) in [4.78, 5) is 25.8. The lowest BCUT2D eigenvalue weighted by atomic mass is 10.2. The van der Waals surface area contributed by atoms with Crippen LogP contribution in [0.25, 0.3) is 17.3 Å². The molecule has 2 aromatic carbocycles. The van der Waals surface area contributed by atoms with Gasteiger partial charge in [-0.1, -0.05) is 23.7 Å². The number of rotatable bonds is 6. The van der Waals surface area contributed by atoms with Crippen molar-refractivity contribution in [1.82, 2.24) is 9.88 Å². The number of nitrogens with zero attached hydrogens (tertiary/aromatic N) is 2. The zero-order valence-corrected chi connectivity index (χ0v) is 18.3. The van der Waals surface area contributed by atoms with Crippen molar-refractivity contribution in [2.24, 2.45) is 0 Å². The molecule has 0 radical (unpaired) electrons. The molecule has 1 amide bonds. The van der Waals surface area contributed by atoms with Gasteiger partial charge in [-0.05, 0) is 35.9 Å². The number of nitriles is 1. The molecular formula is C22H16ClF2N3O3S. The molecule has 1 aromatic heterocycles. The van der Waals surface area contributed by atoms with E-state index in [0.29, 0.717) is 16.7 Å². The van der Waals surface area contributed by atoms with Crippen LogP contribution in [0, 0.1) is 23.0 Å². The van der Waals surface area contributed by atoms with Gasteiger partial charge in [0.05, 0.1) is 16.8 Å². The minimum absolute atomic E-state index is 0.0915. The van der Waals surface area contributed by atoms with Gasteiger partial charge in [-0.3, -0.25) is 14.2 Å². The highest BCUT2D eigenvalue weighted by atomic mass is 35.5. The zero-order chi connectivity index (χ0) is 23.3. The van der Waals surface area contributed by atoms with Crippen molar-refractivity contribution in [3.05, 3.63) is 84.2 Å². The molecule has 1 heterocycles. The minimum atomic E-state index is -1.02. The van der Waals surface area contributed by atoms with E-state index < -0.39 is 28.7 Å². The Bertz CT molecular complexity index is 1390. The van der Waals surface area contributed by atoms with Gasteiger partial charge in [0, 0.05) is 24.7 Å². The Morgan fingerprint density at radius 1 is 1.31 bits per heavy atom. The number of carbonyl (C=O) groups excluding carboxylic acids is 1. The molecule has 3 aromatic rings. The minimum Gasteiger partial charge on any atom is -0.383 e. The number of halogens is 3. The van der Waals surface area contributed by atoms with E-state index in [1.54, 1.807) is 30.3 Å². The maximum atomic E-state index is 14.6. The Balaban J connectivity index is 2.33. The lowest BCUT2D eigenvalue weighted by molar-refractivity contribution is -0.115. The normalized spacial score (nSPS) is 12.4. The lowest BCUT2D eigenvalue weighted by Gasteiger charge is -2.06. The first-order valence-corrected chi connectivity index (χ1v) is 10.4. The molecule has 164 valence electrons. The number of hydrogen-bond acceptors (Lipinski definition) is 5. The molecule has 0 saturated heterocycles. The van der Waals surface area contributed by atoms with Gasteiger partial charge >= 0.3 is 0 Å². The van der Waals surface area contributed by atoms with Crippen LogP contribution in [0.4, 0.5) is 8.78 Å². The van der Waals surface area contributed by atoms with Gasteiger partial charge < -0.3 is 10.1 Å². The second kappa shape index (κ2) is 10.3. The van der Waals surface area contributed by atoms with Crippen LogP contribution < -0.4 is 20.1 Å². The second-order valence-corrected chi connectivity index (χ2v) is 7.91. The van der Waals surface area contributed by atoms with Crippen molar-refractivity contribution in [3.63, 3.8) is 0 Å². The van der Waals surface area contributed by atoms with E-state index in [4.69, 9.17) is 16.3 Å². The lowest BCUT2D eigenvalue weighted by Crippen LogP contribution is -2.35. The molecule has 0 unspecified atom stereocenters. The molecule has 0 spiro atoms. The molecule has 0 bridgehead atoms. The van der Waals surface area contributed by atoms with Crippen LogP contribution >= 0.6 is 22.9 Å². The fourth-order valence-corrected chi connectivity index (χ4v) is 4.12. The first-order valence-electron chi connectivity index (χ1n) is 9.22. The van der Waals surface area contributed by atoms with Gasteiger partial charge in [-0.15, -0.1) is 11.3 Å². The van der Waals surface area contributed by atoms with Crippen molar-refractivity contribution in [2.45, 2.75) is 0 Å². The van der Waals surface area contributed by atoms with E-state index in [0.717, 1.165) is 28.0 Å². The van der Waals surface area contributed by atoms with Crippen LogP contribution in [0.5, 0.6) is 0 Å². The van der Waals surface area contributed by atoms with E-state index in [9.17, 15) is 23.6 Å². The molecule has 6 nitrogen and oxygen atoms in total. The molecule has 0 saturated carbocycles. The summed E-state index contributed by atoms with van der Waals surface area (Å²) < 4.78 is 33.8. The maximum absolute atomic E-state index is 14.6. The molecule has 0 aliphatic carbocycles. The van der Waals surface area contributed by atoms with Gasteiger partial charge in [0.1, 0.15) is 22.4 Å². The number of methoxy groups -OCH3 is 1. The van der Waals surface area contributed by atoms with E-state index in [1.807, 2.05) is 0 Å². The fraction of sp³-hybridized carbons (Fsp3) is 0.136. The van der Waals surface area contributed by atoms with Crippen molar-refractivity contribution >= 4 is 40.5 Å². The summed E-state index contributed by atoms with van der Waals surface area (Å²) in [6.07, 6.45) is 1.51. The highest BCUT2D eigenvalue weighted by Gasteiger charge is 2.19. The third-order valence-electron chi connectivity index (χ3n) is 4.27. The van der Waals surface area contributed by atoms with Crippen LogP contribution in [-0.2, 0) is 9.53 Å². The molecule has 32 heavy (non-hydrogen) atoms. The van der Waals surface area contributed by atoms with Gasteiger partial charge in [0.15, 0.2) is 5.57 Å². The smallest absolute Gasteiger partial charge is 0.273 e. The van der Waals surface area contributed by atoms with Crippen LogP contribution in [0.1, 0.15) is 5.56 Å². The predicted molar refractivity (Wildman–Crippen MR) is 118 cm³/mol. The Hall–Kier alpha value is -3.32. The Morgan fingerprint density at radius 2 is 2.09 bits per heavy atom. The van der Waals surface area contributed by atoms with Gasteiger partial charge in [-0.2, -0.15) is 5.26 Å². The highest BCUT2D eigenvalue weighted by Crippen LogP contribution is 2.13. The molecule has 0 atom stereocenters. The molecule has 10 heteroatoms. The van der Waals surface area contributed by atoms with Crippen molar-refractivity contribution in [2.75, 3.05) is 20.3 Å². The number of aromatic nitrogens is 1. The quantitative estimate of drug-likeness (QED) is 0.553. The largest absolute Gasteiger partial charge is 0.383 e. The van der Waals surface area contributed by atoms with E-state index in [1.165, 1.54) is 13.2 Å². The van der Waals surface area contributed by atoms with Crippen molar-refractivity contribution in [3.8, 4) is 11.8 Å². The summed E-state index contributed by atoms with van der Waals surface area (Å²) in [6, 6.07) is 11.1.